The average molecular weight is 290 g/mol. The molecule has 1 atom stereocenters. The number of carbonyl (C=O) groups is 1. The maximum atomic E-state index is 11.9. The Morgan fingerprint density at radius 2 is 1.86 bits per heavy atom. The van der Waals surface area contributed by atoms with E-state index in [4.69, 9.17) is 4.42 Å². The summed E-state index contributed by atoms with van der Waals surface area (Å²) in [5, 5.41) is 0. The summed E-state index contributed by atoms with van der Waals surface area (Å²) < 4.78 is 5.68. The van der Waals surface area contributed by atoms with Crippen molar-refractivity contribution in [2.45, 2.75) is 12.5 Å². The molecule has 4 heteroatoms. The molecule has 3 aromatic rings. The highest BCUT2D eigenvalue weighted by molar-refractivity contribution is 6.00. The van der Waals surface area contributed by atoms with Gasteiger partial charge in [-0.3, -0.25) is 9.69 Å². The molecule has 0 radical (unpaired) electrons. The van der Waals surface area contributed by atoms with Gasteiger partial charge in [-0.1, -0.05) is 54.6 Å². The SMILES string of the molecule is O=C1C[C@@H](/C=C/c2ccccc2)N1c1nc2ccccc2o1. The van der Waals surface area contributed by atoms with Crippen LogP contribution in [-0.4, -0.2) is 16.9 Å². The summed E-state index contributed by atoms with van der Waals surface area (Å²) in [7, 11) is 0. The van der Waals surface area contributed by atoms with Crippen molar-refractivity contribution in [1.82, 2.24) is 4.98 Å². The van der Waals surface area contributed by atoms with Gasteiger partial charge in [-0.15, -0.1) is 0 Å². The van der Waals surface area contributed by atoms with Gasteiger partial charge >= 0.3 is 6.01 Å². The number of nitrogens with zero attached hydrogens (tertiary/aromatic N) is 2. The van der Waals surface area contributed by atoms with Gasteiger partial charge in [0.2, 0.25) is 5.91 Å². The number of hydrogen-bond acceptors (Lipinski definition) is 3. The third-order valence-electron chi connectivity index (χ3n) is 3.78. The first-order chi connectivity index (χ1) is 10.8. The van der Waals surface area contributed by atoms with Crippen molar-refractivity contribution in [3.8, 4) is 0 Å². The molecule has 1 aliphatic rings. The van der Waals surface area contributed by atoms with E-state index in [0.29, 0.717) is 18.0 Å². The fourth-order valence-corrected chi connectivity index (χ4v) is 2.59. The van der Waals surface area contributed by atoms with E-state index in [1.807, 2.05) is 66.7 Å². The van der Waals surface area contributed by atoms with E-state index < -0.39 is 0 Å². The standard InChI is InChI=1S/C18H14N2O2/c21-17-12-14(11-10-13-6-2-1-3-7-13)20(17)18-19-15-8-4-5-9-16(15)22-18/h1-11,14H,12H2/b11-10+/t14-/m1/s1. The fourth-order valence-electron chi connectivity index (χ4n) is 2.59. The Morgan fingerprint density at radius 3 is 2.64 bits per heavy atom. The first kappa shape index (κ1) is 12.8. The van der Waals surface area contributed by atoms with E-state index in [9.17, 15) is 4.79 Å². The molecule has 2 heterocycles. The summed E-state index contributed by atoms with van der Waals surface area (Å²) in [5.74, 6) is 0.0364. The monoisotopic (exact) mass is 290 g/mol. The lowest BCUT2D eigenvalue weighted by Crippen LogP contribution is -2.52. The summed E-state index contributed by atoms with van der Waals surface area (Å²) >= 11 is 0. The number of aromatic nitrogens is 1. The van der Waals surface area contributed by atoms with E-state index in [1.54, 1.807) is 4.90 Å². The Labute approximate surface area is 127 Å². The second-order valence-corrected chi connectivity index (χ2v) is 5.27. The molecule has 1 saturated heterocycles. The molecule has 1 amide bonds. The first-order valence-electron chi connectivity index (χ1n) is 7.22. The van der Waals surface area contributed by atoms with Crippen molar-refractivity contribution in [2.24, 2.45) is 0 Å². The van der Waals surface area contributed by atoms with E-state index in [1.165, 1.54) is 0 Å². The highest BCUT2D eigenvalue weighted by Gasteiger charge is 2.38. The molecule has 4 nitrogen and oxygen atoms in total. The molecule has 0 N–H and O–H groups in total. The van der Waals surface area contributed by atoms with Crippen LogP contribution in [0.15, 0.2) is 65.1 Å². The summed E-state index contributed by atoms with van der Waals surface area (Å²) in [6, 6.07) is 17.9. The Kier molecular flexibility index (Phi) is 3.00. The normalized spacial score (nSPS) is 18.1. The van der Waals surface area contributed by atoms with Crippen molar-refractivity contribution < 1.29 is 9.21 Å². The minimum atomic E-state index is 0.000711. The quantitative estimate of drug-likeness (QED) is 0.692. The van der Waals surface area contributed by atoms with Crippen LogP contribution in [0.5, 0.6) is 0 Å². The molecule has 0 bridgehead atoms. The van der Waals surface area contributed by atoms with Crippen molar-refractivity contribution in [3.05, 3.63) is 66.2 Å². The summed E-state index contributed by atoms with van der Waals surface area (Å²) in [6.45, 7) is 0. The smallest absolute Gasteiger partial charge is 0.305 e. The number of β-lactam (4-membered cyclic amide) rings is 1. The largest absolute Gasteiger partial charge is 0.423 e. The van der Waals surface area contributed by atoms with Crippen LogP contribution >= 0.6 is 0 Å². The molecule has 0 aliphatic carbocycles. The molecule has 0 unspecified atom stereocenters. The number of amides is 1. The fraction of sp³-hybridized carbons (Fsp3) is 0.111. The lowest BCUT2D eigenvalue weighted by molar-refractivity contribution is -0.123. The molecule has 1 aromatic heterocycles. The molecule has 1 fully saturated rings. The predicted octanol–water partition coefficient (Wildman–Crippen LogP) is 3.65. The second kappa shape index (κ2) is 5.15. The van der Waals surface area contributed by atoms with Crippen LogP contribution in [0.2, 0.25) is 0 Å². The van der Waals surface area contributed by atoms with Crippen molar-refractivity contribution in [3.63, 3.8) is 0 Å². The van der Waals surface area contributed by atoms with Crippen molar-refractivity contribution >= 4 is 29.1 Å². The third kappa shape index (κ3) is 2.19. The maximum Gasteiger partial charge on any atom is 0.305 e. The number of oxazole rings is 1. The van der Waals surface area contributed by atoms with Gasteiger partial charge in [-0.2, -0.15) is 4.98 Å². The molecule has 2 aromatic carbocycles. The lowest BCUT2D eigenvalue weighted by atomic mass is 10.0. The van der Waals surface area contributed by atoms with Gasteiger partial charge in [-0.05, 0) is 17.7 Å². The van der Waals surface area contributed by atoms with Crippen LogP contribution in [-0.2, 0) is 4.79 Å². The van der Waals surface area contributed by atoms with Crippen molar-refractivity contribution in [1.29, 1.82) is 0 Å². The van der Waals surface area contributed by atoms with Crippen molar-refractivity contribution in [2.75, 3.05) is 4.90 Å². The van der Waals surface area contributed by atoms with E-state index in [2.05, 4.69) is 4.98 Å². The number of hydrogen-bond donors (Lipinski definition) is 0. The summed E-state index contributed by atoms with van der Waals surface area (Å²) in [5.41, 5.74) is 2.57. The third-order valence-corrected chi connectivity index (χ3v) is 3.78. The highest BCUT2D eigenvalue weighted by Crippen LogP contribution is 2.31. The Bertz CT molecular complexity index is 819. The molecule has 4 rings (SSSR count). The minimum Gasteiger partial charge on any atom is -0.423 e. The van der Waals surface area contributed by atoms with Gasteiger partial charge in [-0.25, -0.2) is 0 Å². The molecular weight excluding hydrogens is 276 g/mol. The van der Waals surface area contributed by atoms with Gasteiger partial charge in [0.25, 0.3) is 0 Å². The number of benzene rings is 2. The van der Waals surface area contributed by atoms with Gasteiger partial charge in [0.1, 0.15) is 5.52 Å². The lowest BCUT2D eigenvalue weighted by Gasteiger charge is -2.35. The van der Waals surface area contributed by atoms with Crippen LogP contribution in [0.3, 0.4) is 0 Å². The van der Waals surface area contributed by atoms with Crippen LogP contribution in [0.4, 0.5) is 6.01 Å². The zero-order valence-electron chi connectivity index (χ0n) is 11.8. The van der Waals surface area contributed by atoms with Crippen LogP contribution in [0.1, 0.15) is 12.0 Å². The zero-order chi connectivity index (χ0) is 14.9. The first-order valence-corrected chi connectivity index (χ1v) is 7.22. The molecule has 1 aliphatic heterocycles. The number of carbonyl (C=O) groups excluding carboxylic acids is 1. The van der Waals surface area contributed by atoms with Gasteiger partial charge in [0, 0.05) is 0 Å². The molecule has 0 saturated carbocycles. The summed E-state index contributed by atoms with van der Waals surface area (Å²) in [6.07, 6.45) is 4.53. The zero-order valence-corrected chi connectivity index (χ0v) is 11.8. The number of rotatable bonds is 3. The average Bonchev–Trinajstić information content (AvgIpc) is 2.94. The van der Waals surface area contributed by atoms with Crippen LogP contribution in [0, 0.1) is 0 Å². The number of para-hydroxylation sites is 2. The van der Waals surface area contributed by atoms with Crippen LogP contribution in [0.25, 0.3) is 17.2 Å². The Hall–Kier alpha value is -2.88. The van der Waals surface area contributed by atoms with Gasteiger partial charge in [0.15, 0.2) is 5.58 Å². The Morgan fingerprint density at radius 1 is 1.09 bits per heavy atom. The van der Waals surface area contributed by atoms with Gasteiger partial charge < -0.3 is 4.42 Å². The topological polar surface area (TPSA) is 46.3 Å². The molecule has 22 heavy (non-hydrogen) atoms. The number of fused-ring (bicyclic) bond motifs is 1. The van der Waals surface area contributed by atoms with E-state index in [-0.39, 0.29) is 11.9 Å². The molecular formula is C18H14N2O2. The second-order valence-electron chi connectivity index (χ2n) is 5.27. The molecule has 0 spiro atoms. The summed E-state index contributed by atoms with van der Waals surface area (Å²) in [4.78, 5) is 17.9. The maximum absolute atomic E-state index is 11.9. The number of anilines is 1. The van der Waals surface area contributed by atoms with Crippen LogP contribution < -0.4 is 4.90 Å². The molecule has 108 valence electrons. The predicted molar refractivity (Wildman–Crippen MR) is 85.4 cm³/mol. The van der Waals surface area contributed by atoms with E-state index in [0.717, 1.165) is 11.1 Å². The minimum absolute atomic E-state index is 0.000711. The Balaban J connectivity index is 1.60. The van der Waals surface area contributed by atoms with E-state index >= 15 is 0 Å². The van der Waals surface area contributed by atoms with Gasteiger partial charge in [0.05, 0.1) is 12.5 Å². The highest BCUT2D eigenvalue weighted by atomic mass is 16.4.